The molecule has 0 radical (unpaired) electrons. The Bertz CT molecular complexity index is 893. The fraction of sp³-hybridized carbons (Fsp3) is 0.458. The molecule has 0 unspecified atom stereocenters. The lowest BCUT2D eigenvalue weighted by atomic mass is 9.96. The van der Waals surface area contributed by atoms with Crippen molar-refractivity contribution in [2.24, 2.45) is 0 Å². The van der Waals surface area contributed by atoms with Crippen molar-refractivity contribution in [2.75, 3.05) is 32.8 Å². The summed E-state index contributed by atoms with van der Waals surface area (Å²) in [5, 5.41) is 12.4. The molecule has 0 N–H and O–H groups in total. The molecule has 2 aromatic carbocycles. The molecule has 2 fully saturated rings. The zero-order valence-corrected chi connectivity index (χ0v) is 17.9. The Hall–Kier alpha value is -2.61. The van der Waals surface area contributed by atoms with E-state index < -0.39 is 0 Å². The van der Waals surface area contributed by atoms with Gasteiger partial charge in [-0.05, 0) is 34.4 Å². The zero-order chi connectivity index (χ0) is 20.9. The van der Waals surface area contributed by atoms with Gasteiger partial charge in [0.2, 0.25) is 0 Å². The van der Waals surface area contributed by atoms with Crippen molar-refractivity contribution in [1.29, 1.82) is 0 Å². The molecule has 2 aliphatic heterocycles. The summed E-state index contributed by atoms with van der Waals surface area (Å²) in [7, 11) is 0. The van der Waals surface area contributed by atoms with Gasteiger partial charge in [-0.1, -0.05) is 60.7 Å². The Kier molecular flexibility index (Phi) is 6.34. The standard InChI is InChI=1S/C24H30N6O/c1-3-8-20(9-4-1)24(21-10-5-2-6-11-21)29-15-13-28(14-16-29)19-23-25-26-27-30(23)18-22-12-7-17-31-22/h1-6,8-11,22,24H,7,12-19H2/t22-/m0/s1. The van der Waals surface area contributed by atoms with Gasteiger partial charge in [0, 0.05) is 32.8 Å². The number of aromatic nitrogens is 4. The van der Waals surface area contributed by atoms with Gasteiger partial charge < -0.3 is 4.74 Å². The van der Waals surface area contributed by atoms with Crippen molar-refractivity contribution in [3.05, 3.63) is 77.6 Å². The molecule has 0 amide bonds. The third-order valence-corrected chi connectivity index (χ3v) is 6.37. The highest BCUT2D eigenvalue weighted by Gasteiger charge is 2.27. The van der Waals surface area contributed by atoms with E-state index in [1.54, 1.807) is 0 Å². The summed E-state index contributed by atoms with van der Waals surface area (Å²) < 4.78 is 7.69. The molecule has 0 saturated carbocycles. The summed E-state index contributed by atoms with van der Waals surface area (Å²) in [6.07, 6.45) is 2.48. The molecule has 2 aliphatic rings. The van der Waals surface area contributed by atoms with Gasteiger partial charge in [-0.15, -0.1) is 5.10 Å². The van der Waals surface area contributed by atoms with Gasteiger partial charge in [0.1, 0.15) is 0 Å². The van der Waals surface area contributed by atoms with Crippen LogP contribution in [-0.4, -0.2) is 68.9 Å². The van der Waals surface area contributed by atoms with Crippen LogP contribution in [0.2, 0.25) is 0 Å². The van der Waals surface area contributed by atoms with Crippen LogP contribution in [0.4, 0.5) is 0 Å². The van der Waals surface area contributed by atoms with Crippen molar-refractivity contribution in [3.63, 3.8) is 0 Å². The first kappa shape index (κ1) is 20.3. The topological polar surface area (TPSA) is 59.3 Å². The molecule has 0 aliphatic carbocycles. The van der Waals surface area contributed by atoms with Crippen molar-refractivity contribution in [2.45, 2.75) is 38.1 Å². The predicted octanol–water partition coefficient (Wildman–Crippen LogP) is 2.76. The first-order chi connectivity index (χ1) is 15.4. The second kappa shape index (κ2) is 9.68. The Morgan fingerprint density at radius 2 is 1.58 bits per heavy atom. The Morgan fingerprint density at radius 1 is 0.903 bits per heavy atom. The van der Waals surface area contributed by atoms with E-state index in [0.717, 1.165) is 64.5 Å². The fourth-order valence-electron chi connectivity index (χ4n) is 4.72. The number of hydrogen-bond donors (Lipinski definition) is 0. The van der Waals surface area contributed by atoms with E-state index in [9.17, 15) is 0 Å². The average Bonchev–Trinajstić information content (AvgIpc) is 3.49. The highest BCUT2D eigenvalue weighted by molar-refractivity contribution is 5.31. The number of hydrogen-bond acceptors (Lipinski definition) is 6. The molecule has 162 valence electrons. The SMILES string of the molecule is c1ccc(C(c2ccccc2)N2CCN(Cc3nnnn3C[C@@H]3CCCO3)CC2)cc1. The van der Waals surface area contributed by atoms with Crippen LogP contribution in [0, 0.1) is 0 Å². The van der Waals surface area contributed by atoms with Gasteiger partial charge in [-0.25, -0.2) is 4.68 Å². The summed E-state index contributed by atoms with van der Waals surface area (Å²) in [5.74, 6) is 0.937. The highest BCUT2D eigenvalue weighted by atomic mass is 16.5. The molecular formula is C24H30N6O. The minimum absolute atomic E-state index is 0.247. The summed E-state index contributed by atoms with van der Waals surface area (Å²) >= 11 is 0. The average molecular weight is 419 g/mol. The normalized spacial score (nSPS) is 20.5. The number of piperazine rings is 1. The van der Waals surface area contributed by atoms with Gasteiger partial charge in [-0.3, -0.25) is 9.80 Å². The number of ether oxygens (including phenoxy) is 1. The minimum atomic E-state index is 0.247. The van der Waals surface area contributed by atoms with E-state index in [4.69, 9.17) is 4.74 Å². The van der Waals surface area contributed by atoms with Crippen LogP contribution in [0.3, 0.4) is 0 Å². The number of tetrazole rings is 1. The fourth-order valence-corrected chi connectivity index (χ4v) is 4.72. The summed E-state index contributed by atoms with van der Waals surface area (Å²) in [5.41, 5.74) is 2.70. The third-order valence-electron chi connectivity index (χ3n) is 6.37. The lowest BCUT2D eigenvalue weighted by Crippen LogP contribution is -2.47. The van der Waals surface area contributed by atoms with E-state index in [1.165, 1.54) is 11.1 Å². The maximum absolute atomic E-state index is 5.76. The first-order valence-electron chi connectivity index (χ1n) is 11.3. The summed E-state index contributed by atoms with van der Waals surface area (Å²) in [6.45, 7) is 6.44. The molecule has 31 heavy (non-hydrogen) atoms. The monoisotopic (exact) mass is 418 g/mol. The molecule has 7 heteroatoms. The van der Waals surface area contributed by atoms with Gasteiger partial charge in [-0.2, -0.15) is 0 Å². The van der Waals surface area contributed by atoms with Gasteiger partial charge in [0.15, 0.2) is 5.82 Å². The highest BCUT2D eigenvalue weighted by Crippen LogP contribution is 2.29. The van der Waals surface area contributed by atoms with Crippen LogP contribution >= 0.6 is 0 Å². The van der Waals surface area contributed by atoms with Gasteiger partial charge >= 0.3 is 0 Å². The van der Waals surface area contributed by atoms with Crippen molar-refractivity contribution >= 4 is 0 Å². The Labute approximate surface area is 183 Å². The molecule has 1 atom stereocenters. The lowest BCUT2D eigenvalue weighted by molar-refractivity contribution is 0.0868. The van der Waals surface area contributed by atoms with Crippen LogP contribution in [0.15, 0.2) is 60.7 Å². The quantitative estimate of drug-likeness (QED) is 0.588. The zero-order valence-electron chi connectivity index (χ0n) is 17.9. The van der Waals surface area contributed by atoms with E-state index >= 15 is 0 Å². The molecule has 0 bridgehead atoms. The molecule has 3 heterocycles. The van der Waals surface area contributed by atoms with E-state index in [-0.39, 0.29) is 12.1 Å². The largest absolute Gasteiger partial charge is 0.376 e. The number of benzene rings is 2. The van der Waals surface area contributed by atoms with Crippen LogP contribution in [0.1, 0.15) is 35.8 Å². The Morgan fingerprint density at radius 3 is 2.19 bits per heavy atom. The predicted molar refractivity (Wildman–Crippen MR) is 118 cm³/mol. The van der Waals surface area contributed by atoms with Crippen LogP contribution in [0.25, 0.3) is 0 Å². The van der Waals surface area contributed by atoms with Crippen molar-refractivity contribution in [3.8, 4) is 0 Å². The van der Waals surface area contributed by atoms with E-state index in [1.807, 2.05) is 4.68 Å². The summed E-state index contributed by atoms with van der Waals surface area (Å²) in [6, 6.07) is 22.0. The molecule has 7 nitrogen and oxygen atoms in total. The van der Waals surface area contributed by atoms with Crippen LogP contribution < -0.4 is 0 Å². The molecule has 2 saturated heterocycles. The molecule has 5 rings (SSSR count). The second-order valence-electron chi connectivity index (χ2n) is 8.45. The maximum atomic E-state index is 5.76. The van der Waals surface area contributed by atoms with Crippen LogP contribution in [0.5, 0.6) is 0 Å². The van der Waals surface area contributed by atoms with Crippen molar-refractivity contribution in [1.82, 2.24) is 30.0 Å². The lowest BCUT2D eigenvalue weighted by Gasteiger charge is -2.39. The minimum Gasteiger partial charge on any atom is -0.376 e. The first-order valence-corrected chi connectivity index (χ1v) is 11.3. The second-order valence-corrected chi connectivity index (χ2v) is 8.45. The van der Waals surface area contributed by atoms with Crippen LogP contribution in [-0.2, 0) is 17.8 Å². The number of nitrogens with zero attached hydrogens (tertiary/aromatic N) is 6. The van der Waals surface area contributed by atoms with E-state index in [0.29, 0.717) is 0 Å². The molecule has 0 spiro atoms. The molecule has 1 aromatic heterocycles. The molecular weight excluding hydrogens is 388 g/mol. The van der Waals surface area contributed by atoms with Gasteiger partial charge in [0.25, 0.3) is 0 Å². The third kappa shape index (κ3) is 4.84. The van der Waals surface area contributed by atoms with Crippen molar-refractivity contribution < 1.29 is 4.74 Å². The number of rotatable bonds is 7. The van der Waals surface area contributed by atoms with E-state index in [2.05, 4.69) is 86.0 Å². The van der Waals surface area contributed by atoms with Gasteiger partial charge in [0.05, 0.1) is 25.2 Å². The summed E-state index contributed by atoms with van der Waals surface area (Å²) in [4.78, 5) is 5.05. The maximum Gasteiger partial charge on any atom is 0.165 e. The smallest absolute Gasteiger partial charge is 0.165 e. The Balaban J connectivity index is 1.24. The molecule has 3 aromatic rings.